The van der Waals surface area contributed by atoms with Crippen molar-refractivity contribution in [1.82, 2.24) is 4.31 Å². The van der Waals surface area contributed by atoms with Crippen LogP contribution in [0.3, 0.4) is 0 Å². The lowest BCUT2D eigenvalue weighted by atomic mass is 10.0. The number of aryl methyl sites for hydroxylation is 1. The van der Waals surface area contributed by atoms with E-state index in [1.807, 2.05) is 42.6 Å². The molecule has 0 spiro atoms. The minimum atomic E-state index is -3.55. The van der Waals surface area contributed by atoms with Gasteiger partial charge in [0.1, 0.15) is 0 Å². The Hall–Kier alpha value is -2.48. The molecule has 0 atom stereocenters. The first kappa shape index (κ1) is 18.9. The second-order valence-corrected chi connectivity index (χ2v) is 9.57. The fourth-order valence-electron chi connectivity index (χ4n) is 3.27. The lowest BCUT2D eigenvalue weighted by molar-refractivity contribution is 0.102. The van der Waals surface area contributed by atoms with Crippen molar-refractivity contribution in [1.29, 1.82) is 0 Å². The number of thiophene rings is 1. The Bertz CT molecular complexity index is 1110. The summed E-state index contributed by atoms with van der Waals surface area (Å²) in [4.78, 5) is 12.6. The number of carbonyl (C=O) groups excluding carboxylic acids is 1. The molecule has 4 rings (SSSR count). The van der Waals surface area contributed by atoms with Crippen molar-refractivity contribution in [3.63, 3.8) is 0 Å². The van der Waals surface area contributed by atoms with Crippen molar-refractivity contribution < 1.29 is 13.2 Å². The Labute approximate surface area is 168 Å². The summed E-state index contributed by atoms with van der Waals surface area (Å²) in [6, 6.07) is 14.4. The molecule has 0 bridgehead atoms. The van der Waals surface area contributed by atoms with Crippen LogP contribution in [-0.2, 0) is 23.0 Å². The van der Waals surface area contributed by atoms with E-state index in [2.05, 4.69) is 5.32 Å². The van der Waals surface area contributed by atoms with Crippen molar-refractivity contribution in [2.45, 2.75) is 24.8 Å². The zero-order valence-electron chi connectivity index (χ0n) is 15.4. The first-order valence-corrected chi connectivity index (χ1v) is 11.3. The molecule has 1 aliphatic rings. The highest BCUT2D eigenvalue weighted by molar-refractivity contribution is 7.89. The van der Waals surface area contributed by atoms with Crippen LogP contribution < -0.4 is 5.32 Å². The Kier molecular flexibility index (Phi) is 5.05. The number of benzene rings is 2. The molecule has 1 amide bonds. The van der Waals surface area contributed by atoms with Crippen molar-refractivity contribution in [2.75, 3.05) is 11.9 Å². The van der Waals surface area contributed by atoms with Gasteiger partial charge in [-0.25, -0.2) is 8.42 Å². The van der Waals surface area contributed by atoms with Crippen LogP contribution >= 0.6 is 11.3 Å². The minimum absolute atomic E-state index is 0.166. The van der Waals surface area contributed by atoms with Gasteiger partial charge < -0.3 is 5.32 Å². The van der Waals surface area contributed by atoms with Gasteiger partial charge in [0.2, 0.25) is 10.0 Å². The monoisotopic (exact) mass is 412 g/mol. The summed E-state index contributed by atoms with van der Waals surface area (Å²) in [6.45, 7) is 2.68. The fourth-order valence-corrected chi connectivity index (χ4v) is 5.33. The largest absolute Gasteiger partial charge is 0.322 e. The van der Waals surface area contributed by atoms with Gasteiger partial charge in [0.25, 0.3) is 5.91 Å². The summed E-state index contributed by atoms with van der Waals surface area (Å²) in [7, 11) is -3.55. The molecule has 28 heavy (non-hydrogen) atoms. The van der Waals surface area contributed by atoms with Crippen molar-refractivity contribution in [3.05, 3.63) is 81.5 Å². The predicted molar refractivity (Wildman–Crippen MR) is 111 cm³/mol. The Morgan fingerprint density at radius 3 is 2.57 bits per heavy atom. The summed E-state index contributed by atoms with van der Waals surface area (Å²) in [5.41, 5.74) is 4.35. The van der Waals surface area contributed by atoms with Crippen LogP contribution in [0.4, 0.5) is 5.69 Å². The van der Waals surface area contributed by atoms with Crippen molar-refractivity contribution in [2.24, 2.45) is 0 Å². The number of hydrogen-bond donors (Lipinski definition) is 1. The molecule has 3 aromatic rings. The van der Waals surface area contributed by atoms with Crippen LogP contribution in [0.2, 0.25) is 0 Å². The molecule has 1 N–H and O–H groups in total. The predicted octanol–water partition coefficient (Wildman–Crippen LogP) is 4.06. The Morgan fingerprint density at radius 2 is 1.86 bits per heavy atom. The van der Waals surface area contributed by atoms with E-state index < -0.39 is 10.0 Å². The third-order valence-electron chi connectivity index (χ3n) is 4.88. The van der Waals surface area contributed by atoms with Crippen LogP contribution in [-0.4, -0.2) is 25.2 Å². The number of nitrogens with one attached hydrogen (secondary N) is 1. The van der Waals surface area contributed by atoms with E-state index in [1.165, 1.54) is 15.6 Å². The van der Waals surface area contributed by atoms with E-state index in [4.69, 9.17) is 0 Å². The lowest BCUT2D eigenvalue weighted by Crippen LogP contribution is -2.36. The van der Waals surface area contributed by atoms with Gasteiger partial charge in [0, 0.05) is 24.2 Å². The van der Waals surface area contributed by atoms with Gasteiger partial charge in [-0.3, -0.25) is 4.79 Å². The van der Waals surface area contributed by atoms with E-state index in [-0.39, 0.29) is 5.91 Å². The highest BCUT2D eigenvalue weighted by Crippen LogP contribution is 2.27. The normalized spacial score (nSPS) is 14.5. The lowest BCUT2D eigenvalue weighted by Gasteiger charge is -2.28. The van der Waals surface area contributed by atoms with Gasteiger partial charge in [-0.2, -0.15) is 15.6 Å². The van der Waals surface area contributed by atoms with Gasteiger partial charge in [-0.05, 0) is 60.2 Å². The molecule has 144 valence electrons. The zero-order chi connectivity index (χ0) is 19.7. The number of carbonyl (C=O) groups is 1. The fraction of sp³-hybridized carbons (Fsp3) is 0.190. The number of rotatable bonds is 4. The van der Waals surface area contributed by atoms with E-state index in [9.17, 15) is 13.2 Å². The van der Waals surface area contributed by atoms with E-state index in [1.54, 1.807) is 23.6 Å². The van der Waals surface area contributed by atoms with E-state index >= 15 is 0 Å². The van der Waals surface area contributed by atoms with Crippen molar-refractivity contribution in [3.8, 4) is 0 Å². The molecule has 1 aromatic heterocycles. The maximum Gasteiger partial charge on any atom is 0.256 e. The number of sulfonamides is 1. The van der Waals surface area contributed by atoms with Crippen LogP contribution in [0.5, 0.6) is 0 Å². The number of fused-ring (bicyclic) bond motifs is 1. The van der Waals surface area contributed by atoms with E-state index in [0.29, 0.717) is 35.7 Å². The molecular weight excluding hydrogens is 392 g/mol. The first-order chi connectivity index (χ1) is 13.4. The second-order valence-electron chi connectivity index (χ2n) is 6.85. The molecule has 0 saturated carbocycles. The van der Waals surface area contributed by atoms with Crippen molar-refractivity contribution >= 4 is 33.0 Å². The molecule has 7 heteroatoms. The Morgan fingerprint density at radius 1 is 1.07 bits per heavy atom. The molecule has 0 radical (unpaired) electrons. The molecule has 0 saturated heterocycles. The molecule has 2 heterocycles. The quantitative estimate of drug-likeness (QED) is 0.703. The van der Waals surface area contributed by atoms with Gasteiger partial charge in [0.15, 0.2) is 0 Å². The number of nitrogens with zero attached hydrogens (tertiary/aromatic N) is 1. The third-order valence-corrected chi connectivity index (χ3v) is 7.43. The zero-order valence-corrected chi connectivity index (χ0v) is 17.0. The second kappa shape index (κ2) is 7.50. The molecular formula is C21H20N2O3S2. The summed E-state index contributed by atoms with van der Waals surface area (Å²) >= 11 is 1.47. The molecule has 5 nitrogen and oxygen atoms in total. The van der Waals surface area contributed by atoms with Crippen LogP contribution in [0, 0.1) is 6.92 Å². The maximum absolute atomic E-state index is 13.0. The van der Waals surface area contributed by atoms with Gasteiger partial charge in [-0.15, -0.1) is 0 Å². The maximum atomic E-state index is 13.0. The third kappa shape index (κ3) is 3.73. The summed E-state index contributed by atoms with van der Waals surface area (Å²) in [5, 5.41) is 6.54. The number of hydrogen-bond acceptors (Lipinski definition) is 4. The topological polar surface area (TPSA) is 66.5 Å². The molecule has 1 aliphatic heterocycles. The van der Waals surface area contributed by atoms with E-state index in [0.717, 1.165) is 16.7 Å². The SMILES string of the molecule is Cc1ccc(S(=O)(=O)N2CCc3ccc(NC(=O)c4ccsc4)cc3C2)cc1. The number of amides is 1. The highest BCUT2D eigenvalue weighted by atomic mass is 32.2. The van der Waals surface area contributed by atoms with Crippen LogP contribution in [0.1, 0.15) is 27.0 Å². The highest BCUT2D eigenvalue weighted by Gasteiger charge is 2.28. The van der Waals surface area contributed by atoms with Gasteiger partial charge in [0.05, 0.1) is 10.5 Å². The minimum Gasteiger partial charge on any atom is -0.322 e. The summed E-state index contributed by atoms with van der Waals surface area (Å²) in [5.74, 6) is -0.166. The molecule has 0 unspecified atom stereocenters. The summed E-state index contributed by atoms with van der Waals surface area (Å²) in [6.07, 6.45) is 0.652. The van der Waals surface area contributed by atoms with Crippen LogP contribution in [0.15, 0.2) is 64.2 Å². The standard InChI is InChI=1S/C21H20N2O3S2/c1-15-2-6-20(7-3-15)28(25,26)23-10-8-16-4-5-19(12-18(16)13-23)22-21(24)17-9-11-27-14-17/h2-7,9,11-12,14H,8,10,13H2,1H3,(H,22,24). The van der Waals surface area contributed by atoms with Gasteiger partial charge >= 0.3 is 0 Å². The first-order valence-electron chi connectivity index (χ1n) is 8.96. The number of anilines is 1. The molecule has 0 aliphatic carbocycles. The smallest absolute Gasteiger partial charge is 0.256 e. The van der Waals surface area contributed by atoms with Crippen LogP contribution in [0.25, 0.3) is 0 Å². The summed E-state index contributed by atoms with van der Waals surface area (Å²) < 4.78 is 27.5. The molecule has 2 aromatic carbocycles. The average molecular weight is 413 g/mol. The Balaban J connectivity index is 1.56. The average Bonchev–Trinajstić information content (AvgIpc) is 3.23. The molecule has 0 fully saturated rings. The van der Waals surface area contributed by atoms with Gasteiger partial charge in [-0.1, -0.05) is 23.8 Å².